The van der Waals surface area contributed by atoms with Crippen LogP contribution >= 0.6 is 0 Å². The summed E-state index contributed by atoms with van der Waals surface area (Å²) in [5, 5.41) is 4.74. The lowest BCUT2D eigenvalue weighted by atomic mass is 9.72. The van der Waals surface area contributed by atoms with Crippen molar-refractivity contribution in [3.05, 3.63) is 150 Å². The summed E-state index contributed by atoms with van der Waals surface area (Å²) in [7, 11) is 0. The molecule has 0 aliphatic heterocycles. The van der Waals surface area contributed by atoms with E-state index in [-0.39, 0.29) is 5.41 Å². The van der Waals surface area contributed by atoms with Gasteiger partial charge in [0.25, 0.3) is 0 Å². The minimum atomic E-state index is -0.289. The van der Waals surface area contributed by atoms with Gasteiger partial charge in [-0.3, -0.25) is 0 Å². The van der Waals surface area contributed by atoms with Crippen molar-refractivity contribution in [2.75, 3.05) is 0 Å². The van der Waals surface area contributed by atoms with E-state index >= 15 is 0 Å². The van der Waals surface area contributed by atoms with Crippen LogP contribution in [0.25, 0.3) is 77.5 Å². The molecule has 1 heterocycles. The van der Waals surface area contributed by atoms with Crippen LogP contribution < -0.4 is 0 Å². The molecule has 1 unspecified atom stereocenters. The maximum Gasteiger partial charge on any atom is 0.228 e. The van der Waals surface area contributed by atoms with Crippen molar-refractivity contribution < 1.29 is 4.42 Å². The van der Waals surface area contributed by atoms with Gasteiger partial charge in [0.2, 0.25) is 5.89 Å². The van der Waals surface area contributed by atoms with E-state index in [1.54, 1.807) is 0 Å². The Balaban J connectivity index is 1.48. The van der Waals surface area contributed by atoms with Gasteiger partial charge in [0.05, 0.1) is 5.56 Å². The van der Waals surface area contributed by atoms with Gasteiger partial charge in [-0.05, 0) is 109 Å². The van der Waals surface area contributed by atoms with E-state index in [0.717, 1.165) is 27.4 Å². The first-order chi connectivity index (χ1) is 21.2. The van der Waals surface area contributed by atoms with Crippen molar-refractivity contribution in [3.8, 4) is 44.8 Å². The Hall–Kier alpha value is -5.47. The van der Waals surface area contributed by atoms with E-state index in [0.29, 0.717) is 5.89 Å². The van der Waals surface area contributed by atoms with Gasteiger partial charge in [-0.2, -0.15) is 0 Å². The molecule has 2 aliphatic rings. The van der Waals surface area contributed by atoms with Crippen LogP contribution in [0.3, 0.4) is 0 Å². The number of aromatic nitrogens is 1. The normalized spacial score (nSPS) is 16.1. The number of hydrogen-bond acceptors (Lipinski definition) is 2. The third-order valence-electron chi connectivity index (χ3n) is 9.91. The third-order valence-corrected chi connectivity index (χ3v) is 9.91. The molecule has 2 heteroatoms. The van der Waals surface area contributed by atoms with Crippen LogP contribution in [-0.4, -0.2) is 4.98 Å². The van der Waals surface area contributed by atoms with Gasteiger partial charge in [0.1, 0.15) is 5.52 Å². The second-order valence-electron chi connectivity index (χ2n) is 12.0. The van der Waals surface area contributed by atoms with E-state index < -0.39 is 0 Å². The van der Waals surface area contributed by atoms with E-state index in [1.165, 1.54) is 60.8 Å². The van der Waals surface area contributed by atoms with Crippen molar-refractivity contribution >= 4 is 32.6 Å². The summed E-state index contributed by atoms with van der Waals surface area (Å²) in [5.41, 5.74) is 14.0. The van der Waals surface area contributed by atoms with E-state index in [9.17, 15) is 0 Å². The minimum Gasteiger partial charge on any atom is -0.436 e. The highest BCUT2D eigenvalue weighted by Crippen LogP contribution is 2.57. The number of nitrogens with zero attached hydrogens (tertiary/aromatic N) is 1. The van der Waals surface area contributed by atoms with Crippen LogP contribution in [0, 0.1) is 0 Å². The Kier molecular flexibility index (Phi) is 4.35. The lowest BCUT2D eigenvalue weighted by molar-refractivity contribution is 0.621. The maximum absolute atomic E-state index is 6.52. The van der Waals surface area contributed by atoms with E-state index in [1.807, 2.05) is 24.3 Å². The zero-order valence-corrected chi connectivity index (χ0v) is 23.6. The first-order valence-electron chi connectivity index (χ1n) is 14.9. The fourth-order valence-corrected chi connectivity index (χ4v) is 7.92. The first kappa shape index (κ1) is 23.1. The largest absolute Gasteiger partial charge is 0.436 e. The molecule has 0 saturated heterocycles. The number of hydrogen-bond donors (Lipinski definition) is 0. The molecular weight excluding hydrogens is 522 g/mol. The number of rotatable bonds is 1. The van der Waals surface area contributed by atoms with Crippen LogP contribution in [0.15, 0.2) is 138 Å². The quantitative estimate of drug-likeness (QED) is 0.191. The molecule has 0 N–H and O–H groups in total. The van der Waals surface area contributed by atoms with Crippen molar-refractivity contribution in [1.29, 1.82) is 0 Å². The van der Waals surface area contributed by atoms with Crippen LogP contribution in [0.5, 0.6) is 0 Å². The van der Waals surface area contributed by atoms with Gasteiger partial charge in [-0.15, -0.1) is 0 Å². The number of fused-ring (bicyclic) bond motifs is 12. The molecule has 0 fully saturated rings. The van der Waals surface area contributed by atoms with Crippen molar-refractivity contribution in [1.82, 2.24) is 4.98 Å². The zero-order chi connectivity index (χ0) is 28.3. The molecular formula is C41H25NO. The van der Waals surface area contributed by atoms with Crippen LogP contribution in [0.2, 0.25) is 0 Å². The predicted molar refractivity (Wildman–Crippen MR) is 176 cm³/mol. The standard InChI is InChI=1S/C41H25NO/c1-41-25-12-10-11-24(21-25)26-13-2-3-15-28(26)38-29-16-4-5-17-30(29)39(40-42-36-19-8-9-20-37(36)43-40)32-22-31(35(41)23-33(32)38)27-14-6-7-18-34(27)41/h2-23H,1H3. The lowest BCUT2D eigenvalue weighted by Crippen LogP contribution is -2.22. The third kappa shape index (κ3) is 2.90. The highest BCUT2D eigenvalue weighted by Gasteiger charge is 2.42. The molecule has 0 amide bonds. The number of benzene rings is 7. The number of oxazole rings is 1. The SMILES string of the molecule is CC12c3cccc(c3)-c3ccccc3-c3c4ccccc4c(-c4nc5ccccc5o4)c4cc(c1cc34)-c1ccccc12. The number of para-hydroxylation sites is 2. The smallest absolute Gasteiger partial charge is 0.228 e. The lowest BCUT2D eigenvalue weighted by Gasteiger charge is -2.30. The molecule has 1 aromatic heterocycles. The summed E-state index contributed by atoms with van der Waals surface area (Å²) in [5.74, 6) is 0.661. The fraction of sp³-hybridized carbons (Fsp3) is 0.0488. The fourth-order valence-electron chi connectivity index (χ4n) is 7.92. The maximum atomic E-state index is 6.52. The summed E-state index contributed by atoms with van der Waals surface area (Å²) in [6.45, 7) is 2.40. The van der Waals surface area contributed by atoms with Gasteiger partial charge in [0, 0.05) is 5.41 Å². The average Bonchev–Trinajstić information content (AvgIpc) is 3.60. The summed E-state index contributed by atoms with van der Waals surface area (Å²) in [6.07, 6.45) is 0. The van der Waals surface area contributed by atoms with Crippen molar-refractivity contribution in [3.63, 3.8) is 0 Å². The van der Waals surface area contributed by atoms with Gasteiger partial charge in [0.15, 0.2) is 5.58 Å². The van der Waals surface area contributed by atoms with Gasteiger partial charge < -0.3 is 4.42 Å². The predicted octanol–water partition coefficient (Wildman–Crippen LogP) is 10.8. The molecule has 0 spiro atoms. The topological polar surface area (TPSA) is 26.0 Å². The molecule has 200 valence electrons. The molecule has 4 bridgehead atoms. The molecule has 0 saturated carbocycles. The van der Waals surface area contributed by atoms with Crippen LogP contribution in [0.1, 0.15) is 23.6 Å². The Morgan fingerprint density at radius 2 is 1.21 bits per heavy atom. The van der Waals surface area contributed by atoms with Gasteiger partial charge >= 0.3 is 0 Å². The molecule has 10 rings (SSSR count). The summed E-state index contributed by atoms with van der Waals surface area (Å²) in [6, 6.07) is 48.7. The Morgan fingerprint density at radius 1 is 0.512 bits per heavy atom. The molecule has 2 nitrogen and oxygen atoms in total. The molecule has 2 aliphatic carbocycles. The highest BCUT2D eigenvalue weighted by molar-refractivity contribution is 6.23. The molecule has 8 aromatic rings. The average molecular weight is 548 g/mol. The first-order valence-corrected chi connectivity index (χ1v) is 14.9. The Labute approximate surface area is 248 Å². The van der Waals surface area contributed by atoms with E-state index in [2.05, 4.69) is 116 Å². The van der Waals surface area contributed by atoms with Crippen LogP contribution in [0.4, 0.5) is 0 Å². The zero-order valence-electron chi connectivity index (χ0n) is 23.6. The van der Waals surface area contributed by atoms with Crippen molar-refractivity contribution in [2.24, 2.45) is 0 Å². The van der Waals surface area contributed by atoms with Crippen molar-refractivity contribution in [2.45, 2.75) is 12.3 Å². The molecule has 0 radical (unpaired) electrons. The highest BCUT2D eigenvalue weighted by atomic mass is 16.3. The summed E-state index contributed by atoms with van der Waals surface area (Å²) >= 11 is 0. The second-order valence-corrected chi connectivity index (χ2v) is 12.0. The summed E-state index contributed by atoms with van der Waals surface area (Å²) in [4.78, 5) is 5.05. The van der Waals surface area contributed by atoms with E-state index in [4.69, 9.17) is 9.40 Å². The summed E-state index contributed by atoms with van der Waals surface area (Å²) < 4.78 is 6.52. The molecule has 1 atom stereocenters. The van der Waals surface area contributed by atoms with Gasteiger partial charge in [-0.1, -0.05) is 103 Å². The second kappa shape index (κ2) is 8.08. The Morgan fingerprint density at radius 3 is 2.07 bits per heavy atom. The monoisotopic (exact) mass is 547 g/mol. The Bertz CT molecular complexity index is 2450. The molecule has 7 aromatic carbocycles. The molecule has 43 heavy (non-hydrogen) atoms. The minimum absolute atomic E-state index is 0.289. The van der Waals surface area contributed by atoms with Gasteiger partial charge in [-0.25, -0.2) is 4.98 Å². The van der Waals surface area contributed by atoms with Crippen LogP contribution in [-0.2, 0) is 5.41 Å².